The molecule has 0 aromatic heterocycles. The van der Waals surface area contributed by atoms with Crippen molar-refractivity contribution in [1.82, 2.24) is 4.90 Å². The van der Waals surface area contributed by atoms with E-state index < -0.39 is 5.66 Å². The fraction of sp³-hybridized carbons (Fsp3) is 0.727. The van der Waals surface area contributed by atoms with Crippen molar-refractivity contribution >= 4 is 17.4 Å². The lowest BCUT2D eigenvalue weighted by Gasteiger charge is -2.40. The zero-order chi connectivity index (χ0) is 11.8. The van der Waals surface area contributed by atoms with E-state index in [-0.39, 0.29) is 0 Å². The fourth-order valence-electron chi connectivity index (χ4n) is 2.43. The van der Waals surface area contributed by atoms with Crippen LogP contribution < -0.4 is 11.5 Å². The van der Waals surface area contributed by atoms with Gasteiger partial charge in [0, 0.05) is 13.1 Å². The second kappa shape index (κ2) is 4.35. The lowest BCUT2D eigenvalue weighted by Crippen LogP contribution is -2.49. The van der Waals surface area contributed by atoms with Gasteiger partial charge >= 0.3 is 0 Å². The van der Waals surface area contributed by atoms with Crippen LogP contribution in [0.4, 0.5) is 0 Å². The van der Waals surface area contributed by atoms with Gasteiger partial charge in [-0.25, -0.2) is 4.99 Å². The number of likely N-dealkylation sites (tertiary alicyclic amines) is 1. The first-order chi connectivity index (χ1) is 7.56. The van der Waals surface area contributed by atoms with Gasteiger partial charge in [-0.2, -0.15) is 0 Å². The van der Waals surface area contributed by atoms with Crippen molar-refractivity contribution in [2.75, 3.05) is 19.6 Å². The van der Waals surface area contributed by atoms with Crippen LogP contribution in [0.2, 0.25) is 0 Å². The standard InChI is InChI=1S/C11H19ClN4/c1-11(9(12)6-10(14)15-11)16-4-2-8(7-13)3-5-16/h6,8H,2-5,7,13H2,1H3,(H2,14,15). The Morgan fingerprint density at radius 2 is 2.19 bits per heavy atom. The molecular formula is C11H19ClN4. The molecule has 1 saturated heterocycles. The average Bonchev–Trinajstić information content (AvgIpc) is 2.54. The zero-order valence-corrected chi connectivity index (χ0v) is 10.4. The molecule has 2 aliphatic rings. The Morgan fingerprint density at radius 3 is 2.62 bits per heavy atom. The molecule has 0 bridgehead atoms. The van der Waals surface area contributed by atoms with E-state index in [0.717, 1.165) is 37.5 Å². The van der Waals surface area contributed by atoms with Gasteiger partial charge in [0.05, 0.1) is 5.03 Å². The molecule has 0 spiro atoms. The van der Waals surface area contributed by atoms with E-state index >= 15 is 0 Å². The van der Waals surface area contributed by atoms with E-state index in [1.54, 1.807) is 6.08 Å². The summed E-state index contributed by atoms with van der Waals surface area (Å²) in [6.07, 6.45) is 3.98. The second-order valence-electron chi connectivity index (χ2n) is 4.72. The fourth-order valence-corrected chi connectivity index (χ4v) is 2.70. The van der Waals surface area contributed by atoms with Crippen molar-refractivity contribution in [2.24, 2.45) is 22.4 Å². The summed E-state index contributed by atoms with van der Waals surface area (Å²) in [6, 6.07) is 0. The van der Waals surface area contributed by atoms with Gasteiger partial charge in [-0.15, -0.1) is 0 Å². The minimum Gasteiger partial charge on any atom is -0.384 e. The van der Waals surface area contributed by atoms with Gasteiger partial charge in [-0.3, -0.25) is 4.90 Å². The van der Waals surface area contributed by atoms with Gasteiger partial charge in [0.15, 0.2) is 0 Å². The van der Waals surface area contributed by atoms with Crippen LogP contribution in [0.1, 0.15) is 19.8 Å². The van der Waals surface area contributed by atoms with Crippen LogP contribution in [-0.4, -0.2) is 36.0 Å². The molecule has 4 N–H and O–H groups in total. The van der Waals surface area contributed by atoms with Crippen LogP contribution in [0.25, 0.3) is 0 Å². The van der Waals surface area contributed by atoms with E-state index in [0.29, 0.717) is 11.8 Å². The lowest BCUT2D eigenvalue weighted by molar-refractivity contribution is 0.101. The molecule has 0 aromatic carbocycles. The number of hydrogen-bond donors (Lipinski definition) is 2. The first-order valence-corrected chi connectivity index (χ1v) is 6.12. The van der Waals surface area contributed by atoms with Crippen molar-refractivity contribution in [3.05, 3.63) is 11.1 Å². The lowest BCUT2D eigenvalue weighted by atomic mass is 9.95. The van der Waals surface area contributed by atoms with Crippen molar-refractivity contribution < 1.29 is 0 Å². The quantitative estimate of drug-likeness (QED) is 0.755. The summed E-state index contributed by atoms with van der Waals surface area (Å²) in [5, 5.41) is 0.719. The average molecular weight is 243 g/mol. The maximum atomic E-state index is 6.22. The molecule has 16 heavy (non-hydrogen) atoms. The van der Waals surface area contributed by atoms with E-state index in [2.05, 4.69) is 9.89 Å². The van der Waals surface area contributed by atoms with Crippen LogP contribution in [0.15, 0.2) is 16.1 Å². The van der Waals surface area contributed by atoms with Crippen molar-refractivity contribution in [3.8, 4) is 0 Å². The largest absolute Gasteiger partial charge is 0.384 e. The molecule has 1 atom stereocenters. The van der Waals surface area contributed by atoms with Crippen LogP contribution >= 0.6 is 11.6 Å². The SMILES string of the molecule is CC1(N2CCC(CN)CC2)N=C(N)C=C1Cl. The van der Waals surface area contributed by atoms with Gasteiger partial charge in [-0.1, -0.05) is 11.6 Å². The van der Waals surface area contributed by atoms with Crippen LogP contribution in [-0.2, 0) is 0 Å². The number of nitrogens with zero attached hydrogens (tertiary/aromatic N) is 2. The van der Waals surface area contributed by atoms with Crippen molar-refractivity contribution in [3.63, 3.8) is 0 Å². The number of rotatable bonds is 2. The predicted octanol–water partition coefficient (Wildman–Crippen LogP) is 0.867. The Hall–Kier alpha value is -0.580. The molecule has 2 rings (SSSR count). The summed E-state index contributed by atoms with van der Waals surface area (Å²) in [5.74, 6) is 1.17. The van der Waals surface area contributed by atoms with Gasteiger partial charge in [0.2, 0.25) is 0 Å². The third-order valence-electron chi connectivity index (χ3n) is 3.64. The molecule has 1 fully saturated rings. The smallest absolute Gasteiger partial charge is 0.148 e. The highest BCUT2D eigenvalue weighted by molar-refractivity contribution is 6.33. The van der Waals surface area contributed by atoms with Gasteiger partial charge in [0.25, 0.3) is 0 Å². The van der Waals surface area contributed by atoms with Crippen molar-refractivity contribution in [2.45, 2.75) is 25.4 Å². The molecule has 0 radical (unpaired) electrons. The van der Waals surface area contributed by atoms with Gasteiger partial charge in [-0.05, 0) is 38.3 Å². The third-order valence-corrected chi connectivity index (χ3v) is 4.10. The Balaban J connectivity index is 2.07. The van der Waals surface area contributed by atoms with E-state index in [1.165, 1.54) is 0 Å². The summed E-state index contributed by atoms with van der Waals surface area (Å²) in [5.41, 5.74) is 10.9. The Kier molecular flexibility index (Phi) is 3.24. The minimum atomic E-state index is -0.439. The number of aliphatic imine (C=N–C) groups is 1. The molecule has 2 aliphatic heterocycles. The molecule has 0 aromatic rings. The normalized spacial score (nSPS) is 32.7. The maximum Gasteiger partial charge on any atom is 0.148 e. The molecule has 0 aliphatic carbocycles. The van der Waals surface area contributed by atoms with Crippen LogP contribution in [0.5, 0.6) is 0 Å². The molecular weight excluding hydrogens is 224 g/mol. The molecule has 4 nitrogen and oxygen atoms in total. The van der Waals surface area contributed by atoms with E-state index in [1.807, 2.05) is 6.92 Å². The number of hydrogen-bond acceptors (Lipinski definition) is 4. The van der Waals surface area contributed by atoms with Gasteiger partial charge in [0.1, 0.15) is 11.5 Å². The Labute approximate surface area is 101 Å². The summed E-state index contributed by atoms with van der Waals surface area (Å²) in [7, 11) is 0. The number of halogens is 1. The third kappa shape index (κ3) is 1.97. The summed E-state index contributed by atoms with van der Waals surface area (Å²) >= 11 is 6.22. The van der Waals surface area contributed by atoms with Crippen molar-refractivity contribution in [1.29, 1.82) is 0 Å². The molecule has 1 unspecified atom stereocenters. The highest BCUT2D eigenvalue weighted by Crippen LogP contribution is 2.35. The summed E-state index contributed by atoms with van der Waals surface area (Å²) in [6.45, 7) is 4.77. The summed E-state index contributed by atoms with van der Waals surface area (Å²) < 4.78 is 0. The topological polar surface area (TPSA) is 67.6 Å². The molecule has 2 heterocycles. The molecule has 5 heteroatoms. The highest BCUT2D eigenvalue weighted by Gasteiger charge is 2.39. The highest BCUT2D eigenvalue weighted by atomic mass is 35.5. The monoisotopic (exact) mass is 242 g/mol. The van der Waals surface area contributed by atoms with E-state index in [4.69, 9.17) is 23.1 Å². The first-order valence-electron chi connectivity index (χ1n) is 5.74. The number of amidine groups is 1. The molecule has 90 valence electrons. The minimum absolute atomic E-state index is 0.439. The first kappa shape index (κ1) is 11.9. The Bertz CT molecular complexity index is 331. The molecule has 0 amide bonds. The van der Waals surface area contributed by atoms with Gasteiger partial charge < -0.3 is 11.5 Å². The number of nitrogens with two attached hydrogens (primary N) is 2. The van der Waals surface area contributed by atoms with Crippen LogP contribution in [0, 0.1) is 5.92 Å². The predicted molar refractivity (Wildman–Crippen MR) is 67.3 cm³/mol. The zero-order valence-electron chi connectivity index (χ0n) is 9.62. The molecule has 0 saturated carbocycles. The maximum absolute atomic E-state index is 6.22. The number of piperidine rings is 1. The van der Waals surface area contributed by atoms with Crippen LogP contribution in [0.3, 0.4) is 0 Å². The summed E-state index contributed by atoms with van der Waals surface area (Å²) in [4.78, 5) is 6.73. The Morgan fingerprint density at radius 1 is 1.56 bits per heavy atom. The van der Waals surface area contributed by atoms with E-state index in [9.17, 15) is 0 Å². The second-order valence-corrected chi connectivity index (χ2v) is 5.12.